The number of hydrogen-bond donors (Lipinski definition) is 1. The highest BCUT2D eigenvalue weighted by atomic mass is 16.5. The first kappa shape index (κ1) is 14.6. The molecule has 2 aromatic rings. The summed E-state index contributed by atoms with van der Waals surface area (Å²) < 4.78 is 6.65. The third-order valence-corrected chi connectivity index (χ3v) is 3.18. The number of methoxy groups -OCH3 is 1. The number of anilines is 1. The fourth-order valence-electron chi connectivity index (χ4n) is 2.11. The maximum absolute atomic E-state index is 11.5. The molecule has 1 N–H and O–H groups in total. The van der Waals surface area contributed by atoms with Crippen molar-refractivity contribution in [3.05, 3.63) is 42.2 Å². The number of aldehydes is 1. The van der Waals surface area contributed by atoms with Gasteiger partial charge in [-0.15, -0.1) is 0 Å². The first-order valence-corrected chi connectivity index (χ1v) is 6.32. The molecule has 0 fully saturated rings. The molecule has 6 nitrogen and oxygen atoms in total. The lowest BCUT2D eigenvalue weighted by molar-refractivity contribution is -0.106. The van der Waals surface area contributed by atoms with Crippen molar-refractivity contribution in [1.82, 2.24) is 4.57 Å². The molecule has 0 aliphatic rings. The van der Waals surface area contributed by atoms with Crippen LogP contribution in [0.3, 0.4) is 0 Å². The zero-order valence-electron chi connectivity index (χ0n) is 11.8. The fraction of sp³-hybridized carbons (Fsp3) is 0.200. The third kappa shape index (κ3) is 2.89. The van der Waals surface area contributed by atoms with E-state index in [-0.39, 0.29) is 12.2 Å². The highest BCUT2D eigenvalue weighted by Crippen LogP contribution is 2.25. The quantitative estimate of drug-likeness (QED) is 0.821. The summed E-state index contributed by atoms with van der Waals surface area (Å²) in [5, 5.41) is 9.45. The normalized spacial score (nSPS) is 10.2. The molecule has 21 heavy (non-hydrogen) atoms. The van der Waals surface area contributed by atoms with E-state index in [4.69, 9.17) is 4.74 Å². The predicted molar refractivity (Wildman–Crippen MR) is 78.6 cm³/mol. The van der Waals surface area contributed by atoms with Crippen molar-refractivity contribution in [1.29, 1.82) is 0 Å². The lowest BCUT2D eigenvalue weighted by Gasteiger charge is -2.16. The Morgan fingerprint density at radius 2 is 2.00 bits per heavy atom. The Balaban J connectivity index is 2.48. The molecule has 0 spiro atoms. The molecule has 0 amide bonds. The number of carboxylic acid groups (broad SMARTS) is 1. The molecule has 0 atom stereocenters. The summed E-state index contributed by atoms with van der Waals surface area (Å²) in [5.41, 5.74) is 1.31. The maximum Gasteiger partial charge on any atom is 0.355 e. The van der Waals surface area contributed by atoms with Crippen LogP contribution in [0.5, 0.6) is 5.75 Å². The second-order valence-corrected chi connectivity index (χ2v) is 4.47. The van der Waals surface area contributed by atoms with Crippen LogP contribution in [0.25, 0.3) is 5.69 Å². The first-order chi connectivity index (χ1) is 10.1. The summed E-state index contributed by atoms with van der Waals surface area (Å²) in [5.74, 6) is -0.357. The van der Waals surface area contributed by atoms with E-state index < -0.39 is 5.97 Å². The summed E-state index contributed by atoms with van der Waals surface area (Å²) >= 11 is 0. The van der Waals surface area contributed by atoms with Crippen LogP contribution in [0.15, 0.2) is 36.5 Å². The second-order valence-electron chi connectivity index (χ2n) is 4.47. The SMILES string of the molecule is COc1ccc(-n2ccc(N(C)CC=O)c2C(=O)O)cc1. The van der Waals surface area contributed by atoms with Gasteiger partial charge in [0.25, 0.3) is 0 Å². The molecule has 1 aromatic carbocycles. The van der Waals surface area contributed by atoms with Crippen molar-refractivity contribution in [2.24, 2.45) is 0 Å². The van der Waals surface area contributed by atoms with Crippen molar-refractivity contribution in [3.63, 3.8) is 0 Å². The molecule has 0 saturated heterocycles. The highest BCUT2D eigenvalue weighted by Gasteiger charge is 2.19. The standard InChI is InChI=1S/C15H16N2O4/c1-16(9-10-18)13-7-8-17(14(13)15(19)20)11-3-5-12(21-2)6-4-11/h3-8,10H,9H2,1-2H3,(H,19,20). The summed E-state index contributed by atoms with van der Waals surface area (Å²) in [6.07, 6.45) is 2.40. The summed E-state index contributed by atoms with van der Waals surface area (Å²) in [4.78, 5) is 23.7. The van der Waals surface area contributed by atoms with E-state index in [0.717, 1.165) is 6.29 Å². The van der Waals surface area contributed by atoms with Gasteiger partial charge in [-0.1, -0.05) is 0 Å². The van der Waals surface area contributed by atoms with E-state index in [1.165, 1.54) is 0 Å². The number of hydrogen-bond acceptors (Lipinski definition) is 4. The van der Waals surface area contributed by atoms with E-state index in [9.17, 15) is 14.7 Å². The molecular weight excluding hydrogens is 272 g/mol. The van der Waals surface area contributed by atoms with Gasteiger partial charge in [0, 0.05) is 18.9 Å². The van der Waals surface area contributed by atoms with Crippen LogP contribution in [-0.4, -0.2) is 42.6 Å². The molecule has 0 unspecified atom stereocenters. The minimum atomic E-state index is -1.05. The van der Waals surface area contributed by atoms with E-state index in [1.807, 2.05) is 0 Å². The Labute approximate surface area is 122 Å². The van der Waals surface area contributed by atoms with Crippen molar-refractivity contribution in [3.8, 4) is 11.4 Å². The zero-order valence-corrected chi connectivity index (χ0v) is 11.8. The third-order valence-electron chi connectivity index (χ3n) is 3.18. The van der Waals surface area contributed by atoms with E-state index >= 15 is 0 Å². The minimum absolute atomic E-state index is 0.115. The molecule has 0 radical (unpaired) electrons. The van der Waals surface area contributed by atoms with Gasteiger partial charge in [-0.3, -0.25) is 0 Å². The Hall–Kier alpha value is -2.76. The van der Waals surface area contributed by atoms with Gasteiger partial charge in [-0.05, 0) is 30.3 Å². The predicted octanol–water partition coefficient (Wildman–Crippen LogP) is 1.82. The molecular formula is C15H16N2O4. The second kappa shape index (κ2) is 6.13. The van der Waals surface area contributed by atoms with Gasteiger partial charge in [0.15, 0.2) is 5.69 Å². The van der Waals surface area contributed by atoms with Gasteiger partial charge in [0.2, 0.25) is 0 Å². The van der Waals surface area contributed by atoms with Crippen molar-refractivity contribution in [2.75, 3.05) is 25.6 Å². The van der Waals surface area contributed by atoms with Crippen LogP contribution >= 0.6 is 0 Å². The van der Waals surface area contributed by atoms with Gasteiger partial charge in [-0.2, -0.15) is 0 Å². The number of nitrogens with zero attached hydrogens (tertiary/aromatic N) is 2. The van der Waals surface area contributed by atoms with Gasteiger partial charge in [-0.25, -0.2) is 4.79 Å². The Kier molecular flexibility index (Phi) is 4.27. The smallest absolute Gasteiger partial charge is 0.355 e. The molecule has 0 bridgehead atoms. The molecule has 1 heterocycles. The Morgan fingerprint density at radius 1 is 1.33 bits per heavy atom. The summed E-state index contributed by atoms with van der Waals surface area (Å²) in [7, 11) is 3.24. The van der Waals surface area contributed by atoms with Crippen molar-refractivity contribution >= 4 is 17.9 Å². The van der Waals surface area contributed by atoms with Crippen LogP contribution in [0, 0.1) is 0 Å². The number of aromatic nitrogens is 1. The van der Waals surface area contributed by atoms with Crippen molar-refractivity contribution < 1.29 is 19.4 Å². The highest BCUT2D eigenvalue weighted by molar-refractivity contribution is 5.94. The average Bonchev–Trinajstić information content (AvgIpc) is 2.92. The number of ether oxygens (including phenoxy) is 1. The average molecular weight is 288 g/mol. The van der Waals surface area contributed by atoms with Crippen LogP contribution < -0.4 is 9.64 Å². The maximum atomic E-state index is 11.5. The number of aromatic carboxylic acids is 1. The molecule has 1 aromatic heterocycles. The molecule has 2 rings (SSSR count). The number of benzene rings is 1. The van der Waals surface area contributed by atoms with Crippen molar-refractivity contribution in [2.45, 2.75) is 0 Å². The van der Waals surface area contributed by atoms with Crippen LogP contribution in [-0.2, 0) is 4.79 Å². The van der Waals surface area contributed by atoms with Crippen LogP contribution in [0.1, 0.15) is 10.5 Å². The fourth-order valence-corrected chi connectivity index (χ4v) is 2.11. The largest absolute Gasteiger partial charge is 0.497 e. The molecule has 6 heteroatoms. The summed E-state index contributed by atoms with van der Waals surface area (Å²) in [6.45, 7) is 0.132. The zero-order chi connectivity index (χ0) is 15.4. The lowest BCUT2D eigenvalue weighted by atomic mass is 10.2. The van der Waals surface area contributed by atoms with Crippen LogP contribution in [0.4, 0.5) is 5.69 Å². The van der Waals surface area contributed by atoms with E-state index in [2.05, 4.69) is 0 Å². The number of carbonyl (C=O) groups is 2. The van der Waals surface area contributed by atoms with Gasteiger partial charge in [0.05, 0.1) is 19.3 Å². The molecule has 0 saturated carbocycles. The Morgan fingerprint density at radius 3 is 2.52 bits per heavy atom. The minimum Gasteiger partial charge on any atom is -0.497 e. The van der Waals surface area contributed by atoms with E-state index in [1.54, 1.807) is 60.2 Å². The van der Waals surface area contributed by atoms with Crippen LogP contribution in [0.2, 0.25) is 0 Å². The number of carbonyl (C=O) groups excluding carboxylic acids is 1. The lowest BCUT2D eigenvalue weighted by Crippen LogP contribution is -2.22. The molecule has 0 aliphatic carbocycles. The van der Waals surface area contributed by atoms with Gasteiger partial charge >= 0.3 is 5.97 Å². The topological polar surface area (TPSA) is 71.8 Å². The molecule has 110 valence electrons. The van der Waals surface area contributed by atoms with Gasteiger partial charge in [0.1, 0.15) is 12.0 Å². The first-order valence-electron chi connectivity index (χ1n) is 6.32. The Bertz CT molecular complexity index is 646. The summed E-state index contributed by atoms with van der Waals surface area (Å²) in [6, 6.07) is 8.74. The number of carboxylic acids is 1. The number of rotatable bonds is 6. The van der Waals surface area contributed by atoms with Gasteiger partial charge < -0.3 is 24.1 Å². The molecule has 0 aliphatic heterocycles. The monoisotopic (exact) mass is 288 g/mol. The number of likely N-dealkylation sites (N-methyl/N-ethyl adjacent to an activating group) is 1. The van der Waals surface area contributed by atoms with E-state index in [0.29, 0.717) is 17.1 Å².